The fourth-order valence-electron chi connectivity index (χ4n) is 2.17. The molecular formula is C16H18BrFN4. The quantitative estimate of drug-likeness (QED) is 0.798. The summed E-state index contributed by atoms with van der Waals surface area (Å²) in [7, 11) is 0. The first-order chi connectivity index (χ1) is 10.5. The molecule has 2 aromatic rings. The van der Waals surface area contributed by atoms with Gasteiger partial charge in [0.1, 0.15) is 11.6 Å². The highest BCUT2D eigenvalue weighted by Crippen LogP contribution is 2.40. The maximum atomic E-state index is 13.2. The molecule has 1 aliphatic carbocycles. The van der Waals surface area contributed by atoms with E-state index in [0.29, 0.717) is 22.2 Å². The number of nitrogens with zero attached hydrogens (tertiary/aromatic N) is 2. The van der Waals surface area contributed by atoms with Gasteiger partial charge >= 0.3 is 0 Å². The summed E-state index contributed by atoms with van der Waals surface area (Å²) in [4.78, 5) is 9.07. The Bertz CT molecular complexity index is 686. The molecule has 0 amide bonds. The Labute approximate surface area is 137 Å². The van der Waals surface area contributed by atoms with E-state index >= 15 is 0 Å². The molecule has 4 nitrogen and oxygen atoms in total. The molecule has 1 aliphatic rings. The van der Waals surface area contributed by atoms with Crippen LogP contribution in [0.4, 0.5) is 21.8 Å². The molecule has 0 unspecified atom stereocenters. The van der Waals surface area contributed by atoms with Crippen molar-refractivity contribution in [2.24, 2.45) is 0 Å². The lowest BCUT2D eigenvalue weighted by Gasteiger charge is -2.13. The third-order valence-corrected chi connectivity index (χ3v) is 4.01. The second-order valence-corrected chi connectivity index (χ2v) is 6.68. The molecule has 1 fully saturated rings. The lowest BCUT2D eigenvalue weighted by molar-refractivity contribution is 0.627. The van der Waals surface area contributed by atoms with Crippen molar-refractivity contribution in [1.29, 1.82) is 0 Å². The SMILES string of the molecule is CC(C)Nc1nc(Nc2ccc(F)cc2Br)cc(C2CC2)n1. The summed E-state index contributed by atoms with van der Waals surface area (Å²) in [6.45, 7) is 4.10. The van der Waals surface area contributed by atoms with Crippen LogP contribution in [0.3, 0.4) is 0 Å². The van der Waals surface area contributed by atoms with Gasteiger partial charge in [-0.2, -0.15) is 4.98 Å². The number of rotatable bonds is 5. The molecule has 116 valence electrons. The Morgan fingerprint density at radius 2 is 2.00 bits per heavy atom. The second-order valence-electron chi connectivity index (χ2n) is 5.82. The van der Waals surface area contributed by atoms with Crippen LogP contribution < -0.4 is 10.6 Å². The molecule has 22 heavy (non-hydrogen) atoms. The summed E-state index contributed by atoms with van der Waals surface area (Å²) < 4.78 is 13.8. The predicted molar refractivity (Wildman–Crippen MR) is 90.1 cm³/mol. The summed E-state index contributed by atoms with van der Waals surface area (Å²) in [6.07, 6.45) is 2.36. The van der Waals surface area contributed by atoms with Crippen molar-refractivity contribution in [3.63, 3.8) is 0 Å². The molecule has 1 heterocycles. The highest BCUT2D eigenvalue weighted by Gasteiger charge is 2.26. The van der Waals surface area contributed by atoms with Crippen LogP contribution in [0.2, 0.25) is 0 Å². The van der Waals surface area contributed by atoms with Crippen molar-refractivity contribution in [2.75, 3.05) is 10.6 Å². The van der Waals surface area contributed by atoms with Crippen LogP contribution in [0.25, 0.3) is 0 Å². The van der Waals surface area contributed by atoms with Crippen LogP contribution in [0.15, 0.2) is 28.7 Å². The Morgan fingerprint density at radius 1 is 1.23 bits per heavy atom. The molecule has 0 radical (unpaired) electrons. The van der Waals surface area contributed by atoms with Crippen LogP contribution in [0, 0.1) is 5.82 Å². The molecule has 0 spiro atoms. The van der Waals surface area contributed by atoms with Gasteiger partial charge in [0.15, 0.2) is 0 Å². The van der Waals surface area contributed by atoms with Gasteiger partial charge in [-0.25, -0.2) is 9.37 Å². The highest BCUT2D eigenvalue weighted by atomic mass is 79.9. The Hall–Kier alpha value is -1.69. The van der Waals surface area contributed by atoms with Gasteiger partial charge in [-0.15, -0.1) is 0 Å². The average Bonchev–Trinajstić information content (AvgIpc) is 3.25. The summed E-state index contributed by atoms with van der Waals surface area (Å²) in [5.41, 5.74) is 1.83. The van der Waals surface area contributed by atoms with E-state index in [1.807, 2.05) is 6.07 Å². The largest absolute Gasteiger partial charge is 0.352 e. The molecule has 2 N–H and O–H groups in total. The summed E-state index contributed by atoms with van der Waals surface area (Å²) >= 11 is 3.36. The monoisotopic (exact) mass is 364 g/mol. The first-order valence-corrected chi connectivity index (χ1v) is 8.18. The maximum absolute atomic E-state index is 13.2. The van der Waals surface area contributed by atoms with Gasteiger partial charge in [0, 0.05) is 22.5 Å². The van der Waals surface area contributed by atoms with Gasteiger partial charge < -0.3 is 10.6 Å². The Balaban J connectivity index is 1.89. The lowest BCUT2D eigenvalue weighted by atomic mass is 10.2. The molecule has 6 heteroatoms. The van der Waals surface area contributed by atoms with Crippen LogP contribution in [-0.4, -0.2) is 16.0 Å². The van der Waals surface area contributed by atoms with Crippen molar-refractivity contribution in [3.05, 3.63) is 40.2 Å². The normalized spacial score (nSPS) is 14.2. The minimum atomic E-state index is -0.277. The fourth-order valence-corrected chi connectivity index (χ4v) is 2.62. The highest BCUT2D eigenvalue weighted by molar-refractivity contribution is 9.10. The average molecular weight is 365 g/mol. The van der Waals surface area contributed by atoms with E-state index < -0.39 is 0 Å². The Kier molecular flexibility index (Phi) is 4.29. The van der Waals surface area contributed by atoms with Crippen molar-refractivity contribution >= 4 is 33.4 Å². The summed E-state index contributed by atoms with van der Waals surface area (Å²) in [5, 5.41) is 6.48. The number of halogens is 2. The predicted octanol–water partition coefficient (Wildman–Crippen LogP) is 4.82. The molecule has 3 rings (SSSR count). The minimum Gasteiger partial charge on any atom is -0.352 e. The number of aromatic nitrogens is 2. The van der Waals surface area contributed by atoms with Gasteiger partial charge in [-0.1, -0.05) is 0 Å². The number of benzene rings is 1. The lowest BCUT2D eigenvalue weighted by Crippen LogP contribution is -2.14. The smallest absolute Gasteiger partial charge is 0.225 e. The number of hydrogen-bond acceptors (Lipinski definition) is 4. The van der Waals surface area contributed by atoms with Crippen molar-refractivity contribution in [3.8, 4) is 0 Å². The van der Waals surface area contributed by atoms with Gasteiger partial charge in [0.25, 0.3) is 0 Å². The second kappa shape index (κ2) is 6.20. The first kappa shape index (κ1) is 15.2. The summed E-state index contributed by atoms with van der Waals surface area (Å²) in [6, 6.07) is 6.77. The van der Waals surface area contributed by atoms with Gasteiger partial charge in [-0.3, -0.25) is 0 Å². The fraction of sp³-hybridized carbons (Fsp3) is 0.375. The van der Waals surface area contributed by atoms with Crippen molar-refractivity contribution in [1.82, 2.24) is 9.97 Å². The Morgan fingerprint density at radius 3 is 2.64 bits per heavy atom. The van der Waals surface area contributed by atoms with E-state index in [0.717, 1.165) is 11.4 Å². The topological polar surface area (TPSA) is 49.8 Å². The molecule has 0 bridgehead atoms. The zero-order valence-electron chi connectivity index (χ0n) is 12.5. The van der Waals surface area contributed by atoms with Crippen LogP contribution in [-0.2, 0) is 0 Å². The maximum Gasteiger partial charge on any atom is 0.225 e. The van der Waals surface area contributed by atoms with Crippen molar-refractivity contribution in [2.45, 2.75) is 38.6 Å². The zero-order valence-corrected chi connectivity index (χ0v) is 14.1. The van der Waals surface area contributed by atoms with E-state index in [1.165, 1.54) is 25.0 Å². The first-order valence-electron chi connectivity index (χ1n) is 7.39. The van der Waals surface area contributed by atoms with E-state index in [1.54, 1.807) is 6.07 Å². The third-order valence-electron chi connectivity index (χ3n) is 3.35. The molecule has 1 saturated carbocycles. The molecule has 0 aliphatic heterocycles. The molecule has 0 atom stereocenters. The summed E-state index contributed by atoms with van der Waals surface area (Å²) in [5.74, 6) is 1.60. The molecular weight excluding hydrogens is 347 g/mol. The van der Waals surface area contributed by atoms with E-state index in [9.17, 15) is 4.39 Å². The zero-order chi connectivity index (χ0) is 15.7. The third kappa shape index (κ3) is 3.74. The van der Waals surface area contributed by atoms with E-state index in [4.69, 9.17) is 0 Å². The van der Waals surface area contributed by atoms with Gasteiger partial charge in [0.2, 0.25) is 5.95 Å². The van der Waals surface area contributed by atoms with Gasteiger partial charge in [-0.05, 0) is 60.8 Å². The molecule has 0 saturated heterocycles. The van der Waals surface area contributed by atoms with Crippen LogP contribution in [0.1, 0.15) is 38.3 Å². The van der Waals surface area contributed by atoms with Crippen LogP contribution in [0.5, 0.6) is 0 Å². The van der Waals surface area contributed by atoms with Gasteiger partial charge in [0.05, 0.1) is 11.4 Å². The number of hydrogen-bond donors (Lipinski definition) is 2. The number of nitrogens with one attached hydrogen (secondary N) is 2. The molecule has 1 aromatic heterocycles. The standard InChI is InChI=1S/C16H18BrFN4/c1-9(2)19-16-21-14(10-3-4-10)8-15(22-16)20-13-6-5-11(18)7-12(13)17/h5-10H,3-4H2,1-2H3,(H2,19,20,21,22). The molecule has 1 aromatic carbocycles. The van der Waals surface area contributed by atoms with E-state index in [-0.39, 0.29) is 11.9 Å². The van der Waals surface area contributed by atoms with Crippen molar-refractivity contribution < 1.29 is 4.39 Å². The number of anilines is 3. The van der Waals surface area contributed by atoms with Crippen LogP contribution >= 0.6 is 15.9 Å². The van der Waals surface area contributed by atoms with E-state index in [2.05, 4.69) is 50.4 Å². The minimum absolute atomic E-state index is 0.264.